The zero-order valence-electron chi connectivity index (χ0n) is 7.95. The summed E-state index contributed by atoms with van der Waals surface area (Å²) < 4.78 is 91.8. The van der Waals surface area contributed by atoms with Gasteiger partial charge < -0.3 is 14.7 Å². The number of halogens is 7. The van der Waals surface area contributed by atoms with E-state index in [1.54, 1.807) is 0 Å². The first-order chi connectivity index (χ1) is 8.09. The normalized spacial score (nSPS) is 11.8. The molecule has 0 aliphatic carbocycles. The van der Waals surface area contributed by atoms with Gasteiger partial charge in [-0.2, -0.15) is 8.78 Å². The third kappa shape index (κ3) is 2.42. The van der Waals surface area contributed by atoms with Crippen molar-refractivity contribution in [3.05, 3.63) is 34.6 Å². The Labute approximate surface area is 94.6 Å². The highest BCUT2D eigenvalue weighted by molar-refractivity contribution is 6.28. The molecule has 0 N–H and O–H groups in total. The van der Waals surface area contributed by atoms with Gasteiger partial charge in [-0.3, -0.25) is 0 Å². The summed E-state index contributed by atoms with van der Waals surface area (Å²) >= 11 is 0. The standard InChI is InChI=1S/C7BF7O3/c9-2-1(7(14,15)18-8(16)17)3(10)5(12)6(13)4(2)11/q-2. The van der Waals surface area contributed by atoms with Crippen LogP contribution < -0.4 is 10.0 Å². The molecule has 0 aliphatic heterocycles. The average Bonchev–Trinajstić information content (AvgIpc) is 2.21. The Morgan fingerprint density at radius 1 is 0.778 bits per heavy atom. The smallest absolute Gasteiger partial charge is 0.373 e. The first-order valence-corrected chi connectivity index (χ1v) is 3.98. The van der Waals surface area contributed by atoms with Crippen LogP contribution in [0, 0.1) is 29.1 Å². The summed E-state index contributed by atoms with van der Waals surface area (Å²) in [7, 11) is -3.69. The van der Waals surface area contributed by atoms with Gasteiger partial charge in [0.25, 0.3) is 0 Å². The van der Waals surface area contributed by atoms with E-state index < -0.39 is 48.1 Å². The van der Waals surface area contributed by atoms with E-state index in [9.17, 15) is 40.8 Å². The fourth-order valence-corrected chi connectivity index (χ4v) is 1.04. The predicted molar refractivity (Wildman–Crippen MR) is 37.0 cm³/mol. The molecule has 0 spiro atoms. The third-order valence-corrected chi connectivity index (χ3v) is 1.75. The quantitative estimate of drug-likeness (QED) is 0.342. The third-order valence-electron chi connectivity index (χ3n) is 1.75. The molecule has 0 heterocycles. The van der Waals surface area contributed by atoms with Gasteiger partial charge in [-0.15, -0.1) is 0 Å². The molecule has 0 saturated carbocycles. The van der Waals surface area contributed by atoms with Crippen LogP contribution in [0.5, 0.6) is 0 Å². The Kier molecular flexibility index (Phi) is 3.88. The van der Waals surface area contributed by atoms with Crippen molar-refractivity contribution < 1.29 is 45.4 Å². The molecule has 11 heteroatoms. The second-order valence-corrected chi connectivity index (χ2v) is 2.87. The fraction of sp³-hybridized carbons (Fsp3) is 0.143. The zero-order chi connectivity index (χ0) is 14.2. The van der Waals surface area contributed by atoms with Gasteiger partial charge in [0.2, 0.25) is 5.82 Å². The molecule has 1 rings (SSSR count). The lowest BCUT2D eigenvalue weighted by atomic mass is 10.1. The van der Waals surface area contributed by atoms with Crippen LogP contribution in [-0.4, -0.2) is 7.32 Å². The molecule has 0 radical (unpaired) electrons. The van der Waals surface area contributed by atoms with Crippen molar-refractivity contribution in [1.29, 1.82) is 0 Å². The molecule has 0 bridgehead atoms. The van der Waals surface area contributed by atoms with E-state index >= 15 is 0 Å². The van der Waals surface area contributed by atoms with E-state index in [0.29, 0.717) is 0 Å². The molecular formula is C7BF7O3-2. The number of hydrogen-bond donors (Lipinski definition) is 0. The summed E-state index contributed by atoms with van der Waals surface area (Å²) in [6, 6.07) is 0. The van der Waals surface area contributed by atoms with E-state index in [0.717, 1.165) is 0 Å². The monoisotopic (exact) mass is 276 g/mol. The van der Waals surface area contributed by atoms with Gasteiger partial charge in [0.15, 0.2) is 23.3 Å². The van der Waals surface area contributed by atoms with Crippen LogP contribution in [0.1, 0.15) is 5.56 Å². The molecule has 100 valence electrons. The zero-order valence-corrected chi connectivity index (χ0v) is 7.95. The van der Waals surface area contributed by atoms with Gasteiger partial charge in [0.05, 0.1) is 7.32 Å². The van der Waals surface area contributed by atoms with Crippen molar-refractivity contribution >= 4 is 7.32 Å². The van der Waals surface area contributed by atoms with Crippen LogP contribution in [0.3, 0.4) is 0 Å². The van der Waals surface area contributed by atoms with E-state index in [4.69, 9.17) is 0 Å². The Bertz CT molecular complexity index is 450. The molecule has 3 nitrogen and oxygen atoms in total. The van der Waals surface area contributed by atoms with Crippen molar-refractivity contribution in [3.8, 4) is 0 Å². The van der Waals surface area contributed by atoms with Crippen molar-refractivity contribution in [3.63, 3.8) is 0 Å². The number of hydrogen-bond acceptors (Lipinski definition) is 3. The lowest BCUT2D eigenvalue weighted by molar-refractivity contribution is -0.409. The van der Waals surface area contributed by atoms with E-state index in [1.165, 1.54) is 0 Å². The number of rotatable bonds is 3. The van der Waals surface area contributed by atoms with Crippen LogP contribution in [0.2, 0.25) is 0 Å². The minimum atomic E-state index is -5.25. The van der Waals surface area contributed by atoms with Crippen LogP contribution in [0.4, 0.5) is 30.7 Å². The van der Waals surface area contributed by atoms with E-state index in [1.807, 2.05) is 0 Å². The molecular weight excluding hydrogens is 276 g/mol. The molecule has 0 saturated heterocycles. The minimum Gasteiger partial charge on any atom is -0.870 e. The molecule has 1 aromatic carbocycles. The Hall–Kier alpha value is -1.33. The minimum absolute atomic E-state index is 2.66. The maximum absolute atomic E-state index is 12.9. The summed E-state index contributed by atoms with van der Waals surface area (Å²) in [5.41, 5.74) is -2.70. The van der Waals surface area contributed by atoms with Gasteiger partial charge in [-0.1, -0.05) is 0 Å². The van der Waals surface area contributed by atoms with Crippen LogP contribution in [0.25, 0.3) is 0 Å². The average molecular weight is 276 g/mol. The van der Waals surface area contributed by atoms with Gasteiger partial charge in [0, 0.05) is 0 Å². The van der Waals surface area contributed by atoms with Crippen molar-refractivity contribution in [2.24, 2.45) is 0 Å². The van der Waals surface area contributed by atoms with E-state index in [2.05, 4.69) is 4.65 Å². The highest BCUT2D eigenvalue weighted by Crippen LogP contribution is 2.36. The number of alkyl halides is 2. The lowest BCUT2D eigenvalue weighted by Gasteiger charge is -2.31. The molecule has 1 aromatic rings. The van der Waals surface area contributed by atoms with Gasteiger partial charge in [-0.25, -0.2) is 22.0 Å². The van der Waals surface area contributed by atoms with Crippen molar-refractivity contribution in [2.75, 3.05) is 0 Å². The van der Waals surface area contributed by atoms with Crippen LogP contribution in [-0.2, 0) is 10.8 Å². The number of benzene rings is 1. The highest BCUT2D eigenvalue weighted by atomic mass is 19.3. The molecule has 0 aliphatic rings. The lowest BCUT2D eigenvalue weighted by Crippen LogP contribution is -2.51. The molecule has 0 atom stereocenters. The summed E-state index contributed by atoms with van der Waals surface area (Å²) in [6.45, 7) is 0. The highest BCUT2D eigenvalue weighted by Gasteiger charge is 2.42. The van der Waals surface area contributed by atoms with Gasteiger partial charge in [-0.05, 0) is 0 Å². The molecule has 0 amide bonds. The van der Waals surface area contributed by atoms with E-state index in [-0.39, 0.29) is 0 Å². The SMILES string of the molecule is [O-]B([O-])OC(F)(F)c1c(F)c(F)c(F)c(F)c1F. The first kappa shape index (κ1) is 14.7. The van der Waals surface area contributed by atoms with Crippen LogP contribution >= 0.6 is 0 Å². The predicted octanol–water partition coefficient (Wildman–Crippen LogP) is 0.154. The van der Waals surface area contributed by atoms with Crippen molar-refractivity contribution in [1.82, 2.24) is 0 Å². The van der Waals surface area contributed by atoms with Crippen LogP contribution in [0.15, 0.2) is 0 Å². The largest absolute Gasteiger partial charge is 0.870 e. The van der Waals surface area contributed by atoms with Gasteiger partial charge in [0.1, 0.15) is 5.56 Å². The van der Waals surface area contributed by atoms with Crippen molar-refractivity contribution in [2.45, 2.75) is 6.11 Å². The first-order valence-electron chi connectivity index (χ1n) is 3.98. The maximum Gasteiger partial charge on any atom is 0.373 e. The van der Waals surface area contributed by atoms with Gasteiger partial charge >= 0.3 is 6.11 Å². The summed E-state index contributed by atoms with van der Waals surface area (Å²) in [6.07, 6.45) is -5.25. The Morgan fingerprint density at radius 2 is 1.11 bits per heavy atom. The fourth-order valence-electron chi connectivity index (χ4n) is 1.04. The maximum atomic E-state index is 12.9. The summed E-state index contributed by atoms with van der Waals surface area (Å²) in [4.78, 5) is 0. The second kappa shape index (κ2) is 4.74. The summed E-state index contributed by atoms with van der Waals surface area (Å²) in [5, 5.41) is 19.6. The Morgan fingerprint density at radius 3 is 1.44 bits per heavy atom. The molecule has 0 aromatic heterocycles. The topological polar surface area (TPSA) is 55.3 Å². The Balaban J connectivity index is 3.50. The molecule has 0 unspecified atom stereocenters. The summed E-state index contributed by atoms with van der Waals surface area (Å²) in [5.74, 6) is -13.7. The second-order valence-electron chi connectivity index (χ2n) is 2.87. The molecule has 18 heavy (non-hydrogen) atoms. The molecule has 0 fully saturated rings.